The lowest BCUT2D eigenvalue weighted by atomic mass is 10.3. The molecule has 2 aliphatic heterocycles. The van der Waals surface area contributed by atoms with Crippen LogP contribution in [0.15, 0.2) is 0 Å². The van der Waals surface area contributed by atoms with Crippen molar-refractivity contribution in [2.75, 3.05) is 63.9 Å². The lowest BCUT2D eigenvalue weighted by molar-refractivity contribution is -0.146. The number of thioether (sulfide) groups is 1. The summed E-state index contributed by atoms with van der Waals surface area (Å²) in [5, 5.41) is 5.89. The van der Waals surface area contributed by atoms with Crippen molar-refractivity contribution in [2.24, 2.45) is 0 Å². The lowest BCUT2D eigenvalue weighted by Crippen LogP contribution is -2.52. The molecule has 0 aliphatic carbocycles. The van der Waals surface area contributed by atoms with Gasteiger partial charge in [0.05, 0.1) is 0 Å². The van der Waals surface area contributed by atoms with Gasteiger partial charge in [-0.15, -0.1) is 0 Å². The fourth-order valence-corrected chi connectivity index (χ4v) is 3.22. The molecule has 0 spiro atoms. The number of hydrogen-bond acceptors (Lipinski definition) is 5. The largest absolute Gasteiger partial charge is 0.347 e. The van der Waals surface area contributed by atoms with Crippen LogP contribution >= 0.6 is 11.8 Å². The molecule has 2 saturated heterocycles. The Morgan fingerprint density at radius 3 is 2.47 bits per heavy atom. The monoisotopic (exact) mass is 286 g/mol. The normalized spacial score (nSPS) is 21.2. The van der Waals surface area contributed by atoms with Crippen LogP contribution < -0.4 is 10.6 Å². The Hall–Kier alpha value is -0.790. The van der Waals surface area contributed by atoms with E-state index >= 15 is 0 Å². The van der Waals surface area contributed by atoms with Crippen molar-refractivity contribution in [3.63, 3.8) is 0 Å². The second-order valence-electron chi connectivity index (χ2n) is 4.75. The van der Waals surface area contributed by atoms with Gasteiger partial charge in [0, 0.05) is 63.9 Å². The van der Waals surface area contributed by atoms with Gasteiger partial charge in [-0.1, -0.05) is 0 Å². The Balaban J connectivity index is 1.64. The molecule has 2 N–H and O–H groups in total. The average Bonchev–Trinajstić information content (AvgIpc) is 2.48. The van der Waals surface area contributed by atoms with Crippen molar-refractivity contribution in [2.45, 2.75) is 0 Å². The van der Waals surface area contributed by atoms with Crippen LogP contribution in [0.3, 0.4) is 0 Å². The van der Waals surface area contributed by atoms with Crippen LogP contribution in [0.4, 0.5) is 0 Å². The zero-order valence-corrected chi connectivity index (χ0v) is 12.0. The first-order valence-corrected chi connectivity index (χ1v) is 8.01. The molecule has 0 aromatic rings. The molecular formula is C12H22N4O2S. The zero-order valence-electron chi connectivity index (χ0n) is 11.2. The fourth-order valence-electron chi connectivity index (χ4n) is 2.24. The van der Waals surface area contributed by atoms with Gasteiger partial charge in [-0.05, 0) is 0 Å². The Bertz CT molecular complexity index is 315. The van der Waals surface area contributed by atoms with E-state index in [0.717, 1.165) is 44.2 Å². The summed E-state index contributed by atoms with van der Waals surface area (Å²) >= 11 is 1.97. The predicted octanol–water partition coefficient (Wildman–Crippen LogP) is -1.42. The first kappa shape index (κ1) is 14.6. The third-order valence-electron chi connectivity index (χ3n) is 3.42. The highest BCUT2D eigenvalue weighted by Crippen LogP contribution is 2.07. The van der Waals surface area contributed by atoms with Crippen molar-refractivity contribution in [1.29, 1.82) is 0 Å². The van der Waals surface area contributed by atoms with Crippen molar-refractivity contribution >= 4 is 23.6 Å². The molecule has 108 valence electrons. The van der Waals surface area contributed by atoms with E-state index in [4.69, 9.17) is 0 Å². The molecule has 0 unspecified atom stereocenters. The molecule has 2 heterocycles. The summed E-state index contributed by atoms with van der Waals surface area (Å²) in [6.45, 7) is 6.32. The third kappa shape index (κ3) is 4.67. The van der Waals surface area contributed by atoms with E-state index in [1.807, 2.05) is 11.8 Å². The summed E-state index contributed by atoms with van der Waals surface area (Å²) in [4.78, 5) is 27.5. The minimum atomic E-state index is -0.465. The van der Waals surface area contributed by atoms with Crippen LogP contribution in [0.25, 0.3) is 0 Å². The van der Waals surface area contributed by atoms with Gasteiger partial charge < -0.3 is 15.5 Å². The van der Waals surface area contributed by atoms with E-state index in [1.54, 1.807) is 4.90 Å². The molecule has 2 amide bonds. The van der Waals surface area contributed by atoms with Gasteiger partial charge in [-0.3, -0.25) is 14.5 Å². The lowest BCUT2D eigenvalue weighted by Gasteiger charge is -2.27. The topological polar surface area (TPSA) is 64.7 Å². The number of nitrogens with zero attached hydrogens (tertiary/aromatic N) is 2. The summed E-state index contributed by atoms with van der Waals surface area (Å²) in [6, 6.07) is 0. The molecule has 2 rings (SSSR count). The molecular weight excluding hydrogens is 264 g/mol. The maximum atomic E-state index is 11.8. The van der Waals surface area contributed by atoms with Crippen molar-refractivity contribution in [3.8, 4) is 0 Å². The number of rotatable bonds is 3. The molecule has 0 aromatic heterocycles. The highest BCUT2D eigenvalue weighted by atomic mass is 32.2. The van der Waals surface area contributed by atoms with Crippen LogP contribution in [0.2, 0.25) is 0 Å². The van der Waals surface area contributed by atoms with E-state index in [2.05, 4.69) is 15.5 Å². The molecule has 0 atom stereocenters. The fraction of sp³-hybridized carbons (Fsp3) is 0.833. The molecule has 19 heavy (non-hydrogen) atoms. The Labute approximate surface area is 118 Å². The quantitative estimate of drug-likeness (QED) is 0.624. The highest BCUT2D eigenvalue weighted by molar-refractivity contribution is 7.99. The minimum absolute atomic E-state index is 0.393. The number of piperazine rings is 1. The van der Waals surface area contributed by atoms with Gasteiger partial charge in [-0.25, -0.2) is 0 Å². The summed E-state index contributed by atoms with van der Waals surface area (Å²) in [6.07, 6.45) is 0. The summed E-state index contributed by atoms with van der Waals surface area (Å²) < 4.78 is 0. The van der Waals surface area contributed by atoms with Gasteiger partial charge >= 0.3 is 11.8 Å². The molecule has 0 aromatic carbocycles. The van der Waals surface area contributed by atoms with Gasteiger partial charge in [0.2, 0.25) is 0 Å². The molecule has 2 fully saturated rings. The molecule has 2 aliphatic rings. The minimum Gasteiger partial charge on any atom is -0.347 e. The molecule has 0 saturated carbocycles. The predicted molar refractivity (Wildman–Crippen MR) is 76.2 cm³/mol. The second kappa shape index (κ2) is 7.72. The van der Waals surface area contributed by atoms with Crippen LogP contribution in [0.1, 0.15) is 0 Å². The number of hydrogen-bond donors (Lipinski definition) is 2. The Kier molecular flexibility index (Phi) is 5.93. The first-order chi connectivity index (χ1) is 9.27. The molecule has 0 radical (unpaired) electrons. The highest BCUT2D eigenvalue weighted by Gasteiger charge is 2.22. The second-order valence-corrected chi connectivity index (χ2v) is 5.98. The smallest absolute Gasteiger partial charge is 0.311 e. The number of carbonyl (C=O) groups is 2. The SMILES string of the molecule is O=C(NCCN1CCSCC1)C(=O)N1CCNCC1. The van der Waals surface area contributed by atoms with Crippen LogP contribution in [-0.2, 0) is 9.59 Å². The van der Waals surface area contributed by atoms with Gasteiger partial charge in [0.15, 0.2) is 0 Å². The van der Waals surface area contributed by atoms with E-state index in [-0.39, 0.29) is 0 Å². The van der Waals surface area contributed by atoms with E-state index < -0.39 is 11.8 Å². The first-order valence-electron chi connectivity index (χ1n) is 6.85. The van der Waals surface area contributed by atoms with E-state index in [0.29, 0.717) is 19.6 Å². The summed E-state index contributed by atoms with van der Waals surface area (Å²) in [7, 11) is 0. The van der Waals surface area contributed by atoms with E-state index in [9.17, 15) is 9.59 Å². The Morgan fingerprint density at radius 2 is 1.79 bits per heavy atom. The maximum Gasteiger partial charge on any atom is 0.311 e. The van der Waals surface area contributed by atoms with E-state index in [1.165, 1.54) is 0 Å². The maximum absolute atomic E-state index is 11.8. The molecule has 7 heteroatoms. The van der Waals surface area contributed by atoms with Gasteiger partial charge in [0.1, 0.15) is 0 Å². The Morgan fingerprint density at radius 1 is 1.11 bits per heavy atom. The van der Waals surface area contributed by atoms with Gasteiger partial charge in [-0.2, -0.15) is 11.8 Å². The summed E-state index contributed by atoms with van der Waals surface area (Å²) in [5.41, 5.74) is 0. The van der Waals surface area contributed by atoms with Crippen molar-refractivity contribution in [3.05, 3.63) is 0 Å². The number of amides is 2. The molecule has 6 nitrogen and oxygen atoms in total. The van der Waals surface area contributed by atoms with Gasteiger partial charge in [0.25, 0.3) is 0 Å². The number of carbonyl (C=O) groups excluding carboxylic acids is 2. The van der Waals surface area contributed by atoms with Crippen LogP contribution in [0, 0.1) is 0 Å². The zero-order chi connectivity index (χ0) is 13.5. The average molecular weight is 286 g/mol. The van der Waals surface area contributed by atoms with Crippen molar-refractivity contribution < 1.29 is 9.59 Å². The van der Waals surface area contributed by atoms with Crippen LogP contribution in [0.5, 0.6) is 0 Å². The third-order valence-corrected chi connectivity index (χ3v) is 4.36. The standard InChI is InChI=1S/C12H22N4O2S/c17-11(12(18)16-5-1-13-2-6-16)14-3-4-15-7-9-19-10-8-15/h13H,1-10H2,(H,14,17). The summed E-state index contributed by atoms with van der Waals surface area (Å²) in [5.74, 6) is 1.46. The molecule has 0 bridgehead atoms. The number of nitrogens with one attached hydrogen (secondary N) is 2. The van der Waals surface area contributed by atoms with Crippen molar-refractivity contribution in [1.82, 2.24) is 20.4 Å². The van der Waals surface area contributed by atoms with Crippen LogP contribution in [-0.4, -0.2) is 85.5 Å².